The Morgan fingerprint density at radius 3 is 1.39 bits per heavy atom. The largest absolute Gasteiger partial charge is 0.463 e. The number of ketones is 3. The number of thioether (sulfide) groups is 1. The van der Waals surface area contributed by atoms with Gasteiger partial charge in [-0.25, -0.2) is 14.6 Å². The normalized spacial score (nSPS) is 14.5. The van der Waals surface area contributed by atoms with Gasteiger partial charge in [-0.1, -0.05) is 300 Å². The third-order valence-electron chi connectivity index (χ3n) is 20.9. The molecule has 0 saturated carbocycles. The third kappa shape index (κ3) is 22.3. The zero-order chi connectivity index (χ0) is 84.3. The van der Waals surface area contributed by atoms with Crippen molar-refractivity contribution in [2.75, 3.05) is 25.5 Å². The number of carbonyl (C=O) groups excluding carboxylic acids is 6. The van der Waals surface area contributed by atoms with Crippen molar-refractivity contribution in [3.63, 3.8) is 0 Å². The Morgan fingerprint density at radius 1 is 0.554 bits per heavy atom. The molecule has 2 heterocycles. The Morgan fingerprint density at radius 2 is 0.950 bits per heavy atom. The van der Waals surface area contributed by atoms with Gasteiger partial charge in [-0.05, 0) is 139 Å². The molecule has 121 heavy (non-hydrogen) atoms. The standard InChI is InChI=1S/C27H24N2O2S.C25H23NO2S.C22H23NO3.C15H18BrNO2.C8H6BrN.5CH4/c1-5-14-29-25(31)22-23(28-26(29)32-15-6-2)21-13-12-19(16-20(21)17-27(22,3)4)24(30)18-10-8-7-9-11-18;1-4-12-26-21(29)14-20-19-11-10-17(23(27)16-8-6-5-7-9-16)13-18(19)15-25(2,3)22(20)24(26)28;1-4-26-21(25)18-19(23)17-11-10-15(12-16(17)13-22(18,2)3)20(24)14-8-6-5-7-9-14;1-4-19-14(18)12-13(17)11-6-5-10(16)7-9(11)8-15(12,2)3;1-6-4-8(9)3-2-7(6)5-10;;;;;/h2,5,7-13,16H,1,14-15,17H2,3-4H3;4-11,13H,1,12,14-15H2,2-3H3;5-12H,4,13,23H2,1-3H3;5-7H,4,8,17H2,1-3H3;2-4H,1H3;5*1H4. The number of terminal acetylenes is 1. The number of ether oxygens (including phenoxy) is 2. The first-order chi connectivity index (χ1) is 55.1. The molecule has 4 aliphatic carbocycles. The van der Waals surface area contributed by atoms with Crippen LogP contribution in [0.2, 0.25) is 0 Å². The zero-order valence-electron chi connectivity index (χ0n) is 67.2. The summed E-state index contributed by atoms with van der Waals surface area (Å²) in [5.41, 5.74) is 29.8. The summed E-state index contributed by atoms with van der Waals surface area (Å²) in [6.45, 7) is 30.8. The van der Waals surface area contributed by atoms with Gasteiger partial charge in [-0.2, -0.15) is 5.26 Å². The maximum absolute atomic E-state index is 13.5. The van der Waals surface area contributed by atoms with Crippen molar-refractivity contribution in [1.82, 2.24) is 14.5 Å². The summed E-state index contributed by atoms with van der Waals surface area (Å²) in [7, 11) is 0. The van der Waals surface area contributed by atoms with Crippen LogP contribution in [0.4, 0.5) is 0 Å². The second-order valence-corrected chi connectivity index (χ2v) is 34.5. The number of carbonyl (C=O) groups is 6. The minimum Gasteiger partial charge on any atom is -0.463 e. The Hall–Kier alpha value is -11.2. The molecule has 14 rings (SSSR count). The molecular weight excluding hydrogens is 1680 g/mol. The number of halogens is 2. The molecule has 8 aromatic carbocycles. The molecular formula is C102H114Br2N6O9S2. The smallest absolute Gasteiger partial charge is 0.336 e. The highest BCUT2D eigenvalue weighted by molar-refractivity contribution is 9.10. The summed E-state index contributed by atoms with van der Waals surface area (Å²) >= 11 is 13.7. The highest BCUT2D eigenvalue weighted by Gasteiger charge is 2.44. The average molecular weight is 1790 g/mol. The topological polar surface area (TPSA) is 235 Å². The molecule has 0 saturated heterocycles. The van der Waals surface area contributed by atoms with E-state index in [4.69, 9.17) is 49.8 Å². The lowest BCUT2D eigenvalue weighted by atomic mass is 9.67. The lowest BCUT2D eigenvalue weighted by Crippen LogP contribution is -2.45. The van der Waals surface area contributed by atoms with Crippen LogP contribution in [-0.4, -0.2) is 80.1 Å². The summed E-state index contributed by atoms with van der Waals surface area (Å²) in [5.74, 6) is 2.30. The third-order valence-corrected chi connectivity index (χ3v) is 23.1. The number of aromatic nitrogens is 2. The molecule has 0 unspecified atom stereocenters. The number of fused-ring (bicyclic) bond motifs is 7. The average Bonchev–Trinajstić information content (AvgIpc) is 0.731. The van der Waals surface area contributed by atoms with Crippen molar-refractivity contribution in [1.29, 1.82) is 5.26 Å². The number of benzene rings is 8. The summed E-state index contributed by atoms with van der Waals surface area (Å²) in [6.07, 6.45) is 12.2. The van der Waals surface area contributed by atoms with Gasteiger partial charge in [-0.15, -0.1) is 19.6 Å². The summed E-state index contributed by atoms with van der Waals surface area (Å²) in [5, 5.41) is 9.13. The monoisotopic (exact) mass is 1790 g/mol. The molecule has 4 N–H and O–H groups in total. The van der Waals surface area contributed by atoms with Crippen LogP contribution in [0.25, 0.3) is 28.2 Å². The number of esters is 2. The number of amides is 1. The van der Waals surface area contributed by atoms with Gasteiger partial charge in [0, 0.05) is 106 Å². The molecule has 19 heteroatoms. The van der Waals surface area contributed by atoms with Gasteiger partial charge in [0.2, 0.25) is 0 Å². The first kappa shape index (κ1) is 100. The van der Waals surface area contributed by atoms with E-state index in [1.165, 1.54) is 11.8 Å². The fourth-order valence-electron chi connectivity index (χ4n) is 15.7. The van der Waals surface area contributed by atoms with Crippen LogP contribution in [0.3, 0.4) is 0 Å². The van der Waals surface area contributed by atoms with E-state index in [1.807, 2.05) is 186 Å². The molecule has 0 fully saturated rings. The predicted octanol–water partition coefficient (Wildman–Crippen LogP) is 22.7. The Labute approximate surface area is 743 Å². The van der Waals surface area contributed by atoms with Crippen LogP contribution in [0.5, 0.6) is 0 Å². The van der Waals surface area contributed by atoms with Crippen LogP contribution in [-0.2, 0) is 61.5 Å². The van der Waals surface area contributed by atoms with Crippen molar-refractivity contribution in [2.45, 2.75) is 163 Å². The number of aryl methyl sites for hydroxylation is 1. The fourth-order valence-corrected chi connectivity index (χ4v) is 17.5. The number of hydrogen-bond acceptors (Lipinski definition) is 15. The fraction of sp³-hybridized carbons (Fsp3) is 0.294. The molecule has 0 spiro atoms. The van der Waals surface area contributed by atoms with Crippen LogP contribution in [0, 0.1) is 46.8 Å². The van der Waals surface area contributed by atoms with Crippen molar-refractivity contribution in [2.24, 2.45) is 27.7 Å². The van der Waals surface area contributed by atoms with E-state index in [9.17, 15) is 33.6 Å². The van der Waals surface area contributed by atoms with E-state index < -0.39 is 10.8 Å². The number of nitrogens with two attached hydrogens (primary N) is 2. The number of nitriles is 1. The second kappa shape index (κ2) is 42.8. The van der Waals surface area contributed by atoms with E-state index in [0.29, 0.717) is 135 Å². The highest BCUT2D eigenvalue weighted by atomic mass is 79.9. The van der Waals surface area contributed by atoms with Crippen molar-refractivity contribution in [3.8, 4) is 29.7 Å². The molecule has 1 aromatic heterocycles. The number of hydrogen-bond donors (Lipinski definition) is 2. The van der Waals surface area contributed by atoms with Gasteiger partial charge < -0.3 is 20.9 Å². The number of thiocarbonyl (C=S) groups is 1. The Bertz CT molecular complexity index is 5680. The highest BCUT2D eigenvalue weighted by Crippen LogP contribution is 2.49. The number of allylic oxidation sites excluding steroid dienone is 1. The second-order valence-electron chi connectivity index (χ2n) is 31.3. The van der Waals surface area contributed by atoms with E-state index in [2.05, 4.69) is 90.8 Å². The van der Waals surface area contributed by atoms with Gasteiger partial charge in [0.1, 0.15) is 0 Å². The Kier molecular flexibility index (Phi) is 35.5. The molecule has 0 bridgehead atoms. The van der Waals surface area contributed by atoms with Gasteiger partial charge in [0.05, 0.1) is 63.8 Å². The van der Waals surface area contributed by atoms with Gasteiger partial charge in [-0.3, -0.25) is 33.4 Å². The van der Waals surface area contributed by atoms with Crippen molar-refractivity contribution < 1.29 is 38.2 Å². The molecule has 5 aliphatic rings. The van der Waals surface area contributed by atoms with Crippen LogP contribution in [0.15, 0.2) is 243 Å². The van der Waals surface area contributed by atoms with Gasteiger partial charge >= 0.3 is 11.9 Å². The molecule has 632 valence electrons. The van der Waals surface area contributed by atoms with Crippen LogP contribution in [0.1, 0.15) is 216 Å². The minimum atomic E-state index is -0.461. The number of nitrogens with zero attached hydrogens (tertiary/aromatic N) is 4. The van der Waals surface area contributed by atoms with E-state index in [1.54, 1.807) is 59.7 Å². The molecule has 1 amide bonds. The molecule has 0 radical (unpaired) electrons. The molecule has 0 atom stereocenters. The quantitative estimate of drug-likeness (QED) is 0.0174. The predicted molar refractivity (Wildman–Crippen MR) is 508 cm³/mol. The minimum absolute atomic E-state index is 0. The SMILES string of the molecule is C.C.C.C.C.C#CCSc1nc2c(c(=O)n1CC=C)C(C)(C)Cc1cc(C(=O)c3ccccc3)ccc1-2.C=CCN1C(=O)C2=C(CC1=S)c1ccc(C(=O)c3ccccc3)cc1CC2(C)C.CCOC(=O)C1=C(N)c2ccc(Br)cc2CC1(C)C.CCOC(=O)C1=C(N)c2ccc(C(=O)c3ccccc3)cc2CC1(C)C.Cc1cc(Br)ccc1C#N. The lowest BCUT2D eigenvalue weighted by Gasteiger charge is -2.41. The first-order valence-corrected chi connectivity index (χ1v) is 41.1. The number of rotatable bonds is 16. The van der Waals surface area contributed by atoms with Gasteiger partial charge in [0.15, 0.2) is 22.5 Å². The van der Waals surface area contributed by atoms with E-state index in [-0.39, 0.29) is 88.7 Å². The van der Waals surface area contributed by atoms with Crippen LogP contribution >= 0.6 is 55.8 Å². The lowest BCUT2D eigenvalue weighted by molar-refractivity contribution is -0.140. The van der Waals surface area contributed by atoms with Gasteiger partial charge in [0.25, 0.3) is 11.5 Å². The Balaban J connectivity index is 0.000000275. The summed E-state index contributed by atoms with van der Waals surface area (Å²) in [4.78, 5) is 97.0. The summed E-state index contributed by atoms with van der Waals surface area (Å²) < 4.78 is 14.0. The van der Waals surface area contributed by atoms with Crippen molar-refractivity contribution >= 4 is 113 Å². The van der Waals surface area contributed by atoms with E-state index >= 15 is 0 Å². The van der Waals surface area contributed by atoms with Crippen molar-refractivity contribution in [3.05, 3.63) is 332 Å². The first-order valence-electron chi connectivity index (χ1n) is 38.2. The molecule has 9 aromatic rings. The van der Waals surface area contributed by atoms with E-state index in [0.717, 1.165) is 82.1 Å². The molecule has 15 nitrogen and oxygen atoms in total. The van der Waals surface area contributed by atoms with Crippen LogP contribution < -0.4 is 17.0 Å². The maximum atomic E-state index is 13.5. The zero-order valence-corrected chi connectivity index (χ0v) is 72.0. The summed E-state index contributed by atoms with van der Waals surface area (Å²) in [6, 6.07) is 58.4. The molecule has 1 aliphatic heterocycles. The maximum Gasteiger partial charge on any atom is 0.336 e.